The minimum Gasteiger partial charge on any atom is -0.476 e. The van der Waals surface area contributed by atoms with Crippen molar-refractivity contribution in [1.29, 1.82) is 0 Å². The minimum atomic E-state index is -1.37. The van der Waals surface area contributed by atoms with Crippen LogP contribution >= 0.6 is 11.6 Å². The van der Waals surface area contributed by atoms with Crippen molar-refractivity contribution >= 4 is 40.1 Å². The van der Waals surface area contributed by atoms with Gasteiger partial charge in [-0.3, -0.25) is 4.79 Å². The molecule has 0 aliphatic heterocycles. The molecular weight excluding hydrogens is 595 g/mol. The van der Waals surface area contributed by atoms with Gasteiger partial charge in [-0.15, -0.1) is 0 Å². The first-order valence-electron chi connectivity index (χ1n) is 14.6. The lowest BCUT2D eigenvalue weighted by Crippen LogP contribution is -2.39. The summed E-state index contributed by atoms with van der Waals surface area (Å²) in [5.41, 5.74) is -0.362. The third kappa shape index (κ3) is 6.55. The Morgan fingerprint density at radius 1 is 1.00 bits per heavy atom. The van der Waals surface area contributed by atoms with Crippen LogP contribution in [0.5, 0.6) is 5.75 Å². The zero-order valence-corrected chi connectivity index (χ0v) is 25.4. The van der Waals surface area contributed by atoms with E-state index in [1.165, 1.54) is 30.7 Å². The molecule has 1 unspecified atom stereocenters. The number of hydrogen-bond donors (Lipinski definition) is 1. The highest BCUT2D eigenvalue weighted by atomic mass is 35.5. The molecule has 1 atom stereocenters. The summed E-state index contributed by atoms with van der Waals surface area (Å²) in [5, 5.41) is 8.06. The predicted octanol–water partition coefficient (Wildman–Crippen LogP) is 8.12. The van der Waals surface area contributed by atoms with Gasteiger partial charge < -0.3 is 14.8 Å². The zero-order chi connectivity index (χ0) is 31.6. The summed E-state index contributed by atoms with van der Waals surface area (Å²) < 4.78 is 56.5. The van der Waals surface area contributed by atoms with Crippen LogP contribution in [0.15, 0.2) is 54.6 Å². The van der Waals surface area contributed by atoms with Crippen molar-refractivity contribution in [1.82, 2.24) is 9.78 Å². The van der Waals surface area contributed by atoms with E-state index in [9.17, 15) is 18.4 Å². The second-order valence-corrected chi connectivity index (χ2v) is 11.8. The van der Waals surface area contributed by atoms with Gasteiger partial charge in [0.15, 0.2) is 17.2 Å². The topological polar surface area (TPSA) is 82.4 Å². The molecule has 1 aliphatic carbocycles. The number of fused-ring (bicyclic) bond motifs is 1. The van der Waals surface area contributed by atoms with Crippen molar-refractivity contribution in [2.24, 2.45) is 5.92 Å². The van der Waals surface area contributed by atoms with Crippen LogP contribution in [0, 0.1) is 23.4 Å². The average molecular weight is 628 g/mol. The van der Waals surface area contributed by atoms with Gasteiger partial charge in [0, 0.05) is 22.5 Å². The maximum atomic E-state index is 15.4. The van der Waals surface area contributed by atoms with Crippen molar-refractivity contribution in [2.75, 3.05) is 11.9 Å². The Morgan fingerprint density at radius 3 is 2.34 bits per heavy atom. The van der Waals surface area contributed by atoms with Crippen molar-refractivity contribution in [3.63, 3.8) is 0 Å². The van der Waals surface area contributed by atoms with E-state index in [1.807, 2.05) is 0 Å². The second-order valence-electron chi connectivity index (χ2n) is 11.4. The van der Waals surface area contributed by atoms with Crippen LogP contribution in [0.2, 0.25) is 5.02 Å². The Morgan fingerprint density at radius 2 is 1.68 bits per heavy atom. The maximum absolute atomic E-state index is 15.4. The molecule has 44 heavy (non-hydrogen) atoms. The number of ether oxygens (including phenoxy) is 2. The molecule has 3 aromatic carbocycles. The van der Waals surface area contributed by atoms with Gasteiger partial charge in [0.05, 0.1) is 35.1 Å². The molecule has 11 heteroatoms. The molecule has 5 rings (SSSR count). The van der Waals surface area contributed by atoms with E-state index >= 15 is 4.39 Å². The number of halogens is 4. The molecule has 0 radical (unpaired) electrons. The second kappa shape index (κ2) is 12.9. The van der Waals surface area contributed by atoms with Crippen LogP contribution in [0.1, 0.15) is 64.5 Å². The lowest BCUT2D eigenvalue weighted by molar-refractivity contribution is -0.158. The number of anilines is 1. The van der Waals surface area contributed by atoms with Crippen molar-refractivity contribution in [3.05, 3.63) is 82.8 Å². The van der Waals surface area contributed by atoms with Gasteiger partial charge >= 0.3 is 5.97 Å². The number of nitrogens with one attached hydrogen (secondary N) is 1. The fraction of sp³-hybridized carbons (Fsp3) is 0.364. The fourth-order valence-electron chi connectivity index (χ4n) is 5.72. The quantitative estimate of drug-likeness (QED) is 0.190. The summed E-state index contributed by atoms with van der Waals surface area (Å²) in [4.78, 5) is 26.4. The molecule has 1 fully saturated rings. The normalized spacial score (nSPS) is 14.8. The fourth-order valence-corrected chi connectivity index (χ4v) is 5.85. The molecular formula is C33H33ClF3N3O4. The lowest BCUT2D eigenvalue weighted by atomic mass is 9.77. The number of hydrogen-bond acceptors (Lipinski definition) is 5. The van der Waals surface area contributed by atoms with Crippen LogP contribution in [0.4, 0.5) is 18.9 Å². The molecule has 1 aliphatic rings. The highest BCUT2D eigenvalue weighted by Crippen LogP contribution is 2.41. The third-order valence-corrected chi connectivity index (χ3v) is 8.11. The van der Waals surface area contributed by atoms with Crippen molar-refractivity contribution < 1.29 is 32.2 Å². The van der Waals surface area contributed by atoms with E-state index in [2.05, 4.69) is 10.4 Å². The molecule has 4 aromatic rings. The summed E-state index contributed by atoms with van der Waals surface area (Å²) >= 11 is 6.11. The third-order valence-electron chi connectivity index (χ3n) is 7.86. The van der Waals surface area contributed by atoms with Gasteiger partial charge in [-0.2, -0.15) is 5.10 Å². The van der Waals surface area contributed by atoms with Gasteiger partial charge in [-0.05, 0) is 82.0 Å². The average Bonchev–Trinajstić information content (AvgIpc) is 3.33. The molecule has 0 bridgehead atoms. The molecule has 1 aromatic heterocycles. The molecule has 232 valence electrons. The van der Waals surface area contributed by atoms with E-state index < -0.39 is 40.8 Å². The zero-order valence-electron chi connectivity index (χ0n) is 24.6. The highest BCUT2D eigenvalue weighted by Gasteiger charge is 2.37. The minimum absolute atomic E-state index is 0.0756. The van der Waals surface area contributed by atoms with Crippen molar-refractivity contribution in [2.45, 2.75) is 64.4 Å². The first-order valence-corrected chi connectivity index (χ1v) is 15.0. The Hall–Kier alpha value is -4.05. The molecule has 1 N–H and O–H groups in total. The Balaban J connectivity index is 1.55. The number of carbonyl (C=O) groups excluding carboxylic acids is 2. The monoisotopic (exact) mass is 627 g/mol. The number of aromatic nitrogens is 2. The lowest BCUT2D eigenvalue weighted by Gasteiger charge is -2.30. The number of esters is 1. The van der Waals surface area contributed by atoms with Gasteiger partial charge in [-0.25, -0.2) is 22.6 Å². The summed E-state index contributed by atoms with van der Waals surface area (Å²) in [6, 6.07) is 12.7. The van der Waals surface area contributed by atoms with Gasteiger partial charge in [0.25, 0.3) is 0 Å². The standard InChI is InChI=1S/C33H33ClF3N3O4/c1-4-43-32(42)33(2,3)44-22-14-15-27(26(37)16-22)38-31(41)29(19-8-6-5-7-9-19)30-23-17-24(35)25(36)18-28(23)39-40(30)21-12-10-20(34)11-13-21/h10-19,29H,4-9H2,1-3H3,(H,38,41). The molecule has 1 amide bonds. The number of amides is 1. The summed E-state index contributed by atoms with van der Waals surface area (Å²) in [5.74, 6) is -4.98. The van der Waals surface area contributed by atoms with E-state index in [4.69, 9.17) is 21.1 Å². The van der Waals surface area contributed by atoms with Crippen molar-refractivity contribution in [3.8, 4) is 11.4 Å². The van der Waals surface area contributed by atoms with Crippen LogP contribution in [0.3, 0.4) is 0 Å². The smallest absolute Gasteiger partial charge is 0.349 e. The Labute approximate surface area is 258 Å². The number of carbonyl (C=O) groups is 2. The van der Waals surface area contributed by atoms with Crippen LogP contribution < -0.4 is 10.1 Å². The molecule has 0 spiro atoms. The molecule has 0 saturated heterocycles. The number of nitrogens with zero attached hydrogens (tertiary/aromatic N) is 2. The largest absolute Gasteiger partial charge is 0.476 e. The summed E-state index contributed by atoms with van der Waals surface area (Å²) in [6.07, 6.45) is 4.23. The number of rotatable bonds is 9. The SMILES string of the molecule is CCOC(=O)C(C)(C)Oc1ccc(NC(=O)C(c2c3cc(F)c(F)cc3nn2-c2ccc(Cl)cc2)C2CCCCC2)c(F)c1. The number of benzene rings is 3. The van der Waals surface area contributed by atoms with Gasteiger partial charge in [0.1, 0.15) is 11.6 Å². The summed E-state index contributed by atoms with van der Waals surface area (Å²) in [7, 11) is 0. The molecule has 1 heterocycles. The van der Waals surface area contributed by atoms with Crippen LogP contribution in [-0.2, 0) is 14.3 Å². The Bertz CT molecular complexity index is 1680. The first kappa shape index (κ1) is 31.4. The molecule has 1 saturated carbocycles. The van der Waals surface area contributed by atoms with E-state index in [1.54, 1.807) is 31.2 Å². The molecule has 7 nitrogen and oxygen atoms in total. The summed E-state index contributed by atoms with van der Waals surface area (Å²) in [6.45, 7) is 4.86. The van der Waals surface area contributed by atoms with Gasteiger partial charge in [0.2, 0.25) is 5.91 Å². The highest BCUT2D eigenvalue weighted by molar-refractivity contribution is 6.30. The Kier molecular flexibility index (Phi) is 9.20. The van der Waals surface area contributed by atoms with Crippen LogP contribution in [0.25, 0.3) is 16.6 Å². The van der Waals surface area contributed by atoms with Gasteiger partial charge in [-0.1, -0.05) is 30.9 Å². The van der Waals surface area contributed by atoms with E-state index in [-0.39, 0.29) is 34.9 Å². The van der Waals surface area contributed by atoms with E-state index in [0.29, 0.717) is 29.2 Å². The first-order chi connectivity index (χ1) is 21.0. The van der Waals surface area contributed by atoms with E-state index in [0.717, 1.165) is 37.5 Å². The predicted molar refractivity (Wildman–Crippen MR) is 162 cm³/mol. The maximum Gasteiger partial charge on any atom is 0.349 e. The van der Waals surface area contributed by atoms with Crippen LogP contribution in [-0.4, -0.2) is 33.9 Å².